The molecule has 18 heavy (non-hydrogen) atoms. The fourth-order valence-electron chi connectivity index (χ4n) is 1.72. The van der Waals surface area contributed by atoms with Gasteiger partial charge in [-0.05, 0) is 22.0 Å². The molecule has 96 valence electrons. The highest BCUT2D eigenvalue weighted by Gasteiger charge is 2.11. The van der Waals surface area contributed by atoms with E-state index in [-0.39, 0.29) is 0 Å². The number of aromatic nitrogens is 4. The molecule has 0 spiro atoms. The Morgan fingerprint density at radius 3 is 2.72 bits per heavy atom. The van der Waals surface area contributed by atoms with Gasteiger partial charge in [-0.2, -0.15) is 0 Å². The standard InChI is InChI=1S/C12H16BrN5/c1-8(2)12-17-16-11(18(12)3)7-15-10-4-9(13)5-14-6-10/h4-6,8,15H,7H2,1-3H3. The van der Waals surface area contributed by atoms with E-state index in [4.69, 9.17) is 0 Å². The molecular formula is C12H16BrN5. The first-order valence-corrected chi connectivity index (χ1v) is 6.60. The number of hydrogen-bond donors (Lipinski definition) is 1. The van der Waals surface area contributed by atoms with E-state index in [1.807, 2.05) is 17.7 Å². The quantitative estimate of drug-likeness (QED) is 0.943. The van der Waals surface area contributed by atoms with Gasteiger partial charge < -0.3 is 9.88 Å². The van der Waals surface area contributed by atoms with Gasteiger partial charge in [0.15, 0.2) is 5.82 Å². The highest BCUT2D eigenvalue weighted by Crippen LogP contribution is 2.15. The van der Waals surface area contributed by atoms with Crippen molar-refractivity contribution < 1.29 is 0 Å². The molecule has 0 bridgehead atoms. The molecule has 2 rings (SSSR count). The lowest BCUT2D eigenvalue weighted by molar-refractivity contribution is 0.692. The second-order valence-electron chi connectivity index (χ2n) is 4.43. The number of nitrogens with zero attached hydrogens (tertiary/aromatic N) is 4. The summed E-state index contributed by atoms with van der Waals surface area (Å²) in [5, 5.41) is 11.7. The maximum Gasteiger partial charge on any atom is 0.152 e. The van der Waals surface area contributed by atoms with Crippen LogP contribution in [0.1, 0.15) is 31.4 Å². The predicted octanol–water partition coefficient (Wildman–Crippen LogP) is 2.71. The monoisotopic (exact) mass is 309 g/mol. The van der Waals surface area contributed by atoms with Crippen molar-refractivity contribution in [3.05, 3.63) is 34.6 Å². The molecule has 0 unspecified atom stereocenters. The van der Waals surface area contributed by atoms with Gasteiger partial charge in [0.1, 0.15) is 5.82 Å². The molecule has 6 heteroatoms. The fraction of sp³-hybridized carbons (Fsp3) is 0.417. The topological polar surface area (TPSA) is 55.6 Å². The minimum absolute atomic E-state index is 0.379. The van der Waals surface area contributed by atoms with Gasteiger partial charge in [0.05, 0.1) is 18.4 Å². The van der Waals surface area contributed by atoms with Crippen molar-refractivity contribution in [3.8, 4) is 0 Å². The van der Waals surface area contributed by atoms with Crippen LogP contribution in [0.15, 0.2) is 22.9 Å². The summed E-state index contributed by atoms with van der Waals surface area (Å²) >= 11 is 3.39. The molecule has 0 amide bonds. The predicted molar refractivity (Wildman–Crippen MR) is 74.4 cm³/mol. The van der Waals surface area contributed by atoms with Crippen LogP contribution in [-0.2, 0) is 13.6 Å². The fourth-order valence-corrected chi connectivity index (χ4v) is 2.09. The molecule has 0 saturated heterocycles. The maximum absolute atomic E-state index is 4.19. The average molecular weight is 310 g/mol. The van der Waals surface area contributed by atoms with Crippen LogP contribution in [0.4, 0.5) is 5.69 Å². The molecule has 5 nitrogen and oxygen atoms in total. The summed E-state index contributed by atoms with van der Waals surface area (Å²) in [6.07, 6.45) is 3.54. The Morgan fingerprint density at radius 2 is 2.11 bits per heavy atom. The zero-order valence-corrected chi connectivity index (χ0v) is 12.3. The third kappa shape index (κ3) is 2.87. The second-order valence-corrected chi connectivity index (χ2v) is 5.35. The summed E-state index contributed by atoms with van der Waals surface area (Å²) in [7, 11) is 1.99. The number of pyridine rings is 1. The van der Waals surface area contributed by atoms with Crippen molar-refractivity contribution in [1.82, 2.24) is 19.7 Å². The molecule has 0 aliphatic rings. The minimum atomic E-state index is 0.379. The number of hydrogen-bond acceptors (Lipinski definition) is 4. The number of nitrogens with one attached hydrogen (secondary N) is 1. The molecule has 0 fully saturated rings. The Morgan fingerprint density at radius 1 is 1.33 bits per heavy atom. The first-order chi connectivity index (χ1) is 8.58. The zero-order chi connectivity index (χ0) is 13.1. The lowest BCUT2D eigenvalue weighted by atomic mass is 10.2. The third-order valence-corrected chi connectivity index (χ3v) is 3.10. The van der Waals surface area contributed by atoms with E-state index in [1.54, 1.807) is 12.4 Å². The van der Waals surface area contributed by atoms with E-state index in [1.165, 1.54) is 0 Å². The van der Waals surface area contributed by atoms with Crippen molar-refractivity contribution in [2.24, 2.45) is 7.05 Å². The smallest absolute Gasteiger partial charge is 0.152 e. The van der Waals surface area contributed by atoms with Gasteiger partial charge in [0, 0.05) is 23.6 Å². The van der Waals surface area contributed by atoms with Crippen LogP contribution in [0, 0.1) is 0 Å². The normalized spacial score (nSPS) is 10.9. The zero-order valence-electron chi connectivity index (χ0n) is 10.7. The third-order valence-electron chi connectivity index (χ3n) is 2.67. The van der Waals surface area contributed by atoms with Crippen LogP contribution in [0.25, 0.3) is 0 Å². The first-order valence-electron chi connectivity index (χ1n) is 5.80. The van der Waals surface area contributed by atoms with Crippen LogP contribution in [0.3, 0.4) is 0 Å². The van der Waals surface area contributed by atoms with Crippen LogP contribution in [0.5, 0.6) is 0 Å². The molecule has 0 aromatic carbocycles. The Balaban J connectivity index is 2.07. The molecule has 2 aromatic heterocycles. The molecule has 2 aromatic rings. The lowest BCUT2D eigenvalue weighted by Crippen LogP contribution is -2.08. The Kier molecular flexibility index (Phi) is 3.96. The summed E-state index contributed by atoms with van der Waals surface area (Å²) < 4.78 is 2.98. The van der Waals surface area contributed by atoms with Gasteiger partial charge in [-0.3, -0.25) is 4.98 Å². The van der Waals surface area contributed by atoms with Gasteiger partial charge >= 0.3 is 0 Å². The Bertz CT molecular complexity index is 535. The Hall–Kier alpha value is -1.43. The summed E-state index contributed by atoms with van der Waals surface area (Å²) in [4.78, 5) is 4.10. The van der Waals surface area contributed by atoms with E-state index >= 15 is 0 Å². The summed E-state index contributed by atoms with van der Waals surface area (Å²) in [6.45, 7) is 4.85. The van der Waals surface area contributed by atoms with Crippen molar-refractivity contribution in [3.63, 3.8) is 0 Å². The van der Waals surface area contributed by atoms with Gasteiger partial charge in [-0.15, -0.1) is 10.2 Å². The highest BCUT2D eigenvalue weighted by atomic mass is 79.9. The molecule has 1 N–H and O–H groups in total. The average Bonchev–Trinajstić information content (AvgIpc) is 2.68. The van der Waals surface area contributed by atoms with Gasteiger partial charge in [-0.25, -0.2) is 0 Å². The molecular weight excluding hydrogens is 294 g/mol. The number of halogens is 1. The van der Waals surface area contributed by atoms with Crippen LogP contribution in [0.2, 0.25) is 0 Å². The lowest BCUT2D eigenvalue weighted by Gasteiger charge is -2.08. The molecule has 2 heterocycles. The molecule has 0 atom stereocenters. The maximum atomic E-state index is 4.19. The SMILES string of the molecule is CC(C)c1nnc(CNc2cncc(Br)c2)n1C. The number of rotatable bonds is 4. The van der Waals surface area contributed by atoms with E-state index in [0.29, 0.717) is 12.5 Å². The molecule has 0 saturated carbocycles. The van der Waals surface area contributed by atoms with Crippen molar-refractivity contribution in [1.29, 1.82) is 0 Å². The van der Waals surface area contributed by atoms with E-state index < -0.39 is 0 Å². The summed E-state index contributed by atoms with van der Waals surface area (Å²) in [6, 6.07) is 1.98. The minimum Gasteiger partial charge on any atom is -0.376 e. The molecule has 0 radical (unpaired) electrons. The molecule has 0 aliphatic heterocycles. The highest BCUT2D eigenvalue weighted by molar-refractivity contribution is 9.10. The van der Waals surface area contributed by atoms with Gasteiger partial charge in [0.25, 0.3) is 0 Å². The first kappa shape index (κ1) is 13.0. The van der Waals surface area contributed by atoms with Gasteiger partial charge in [-0.1, -0.05) is 13.8 Å². The van der Waals surface area contributed by atoms with Crippen molar-refractivity contribution in [2.75, 3.05) is 5.32 Å². The number of anilines is 1. The molecule has 0 aliphatic carbocycles. The summed E-state index contributed by atoms with van der Waals surface area (Å²) in [5.41, 5.74) is 0.957. The van der Waals surface area contributed by atoms with Crippen LogP contribution in [-0.4, -0.2) is 19.7 Å². The second kappa shape index (κ2) is 5.48. The van der Waals surface area contributed by atoms with Gasteiger partial charge in [0.2, 0.25) is 0 Å². The van der Waals surface area contributed by atoms with E-state index in [0.717, 1.165) is 21.8 Å². The largest absolute Gasteiger partial charge is 0.376 e. The van der Waals surface area contributed by atoms with Crippen LogP contribution < -0.4 is 5.32 Å². The van der Waals surface area contributed by atoms with E-state index in [9.17, 15) is 0 Å². The van der Waals surface area contributed by atoms with Crippen molar-refractivity contribution >= 4 is 21.6 Å². The van der Waals surface area contributed by atoms with Crippen LogP contribution >= 0.6 is 15.9 Å². The summed E-state index contributed by atoms with van der Waals surface area (Å²) in [5.74, 6) is 2.29. The van der Waals surface area contributed by atoms with E-state index in [2.05, 4.69) is 50.3 Å². The Labute approximate surface area is 115 Å². The van der Waals surface area contributed by atoms with Crippen molar-refractivity contribution in [2.45, 2.75) is 26.3 Å².